The van der Waals surface area contributed by atoms with Gasteiger partial charge in [-0.05, 0) is 38.1 Å². The summed E-state index contributed by atoms with van der Waals surface area (Å²) in [6.07, 6.45) is 3.84. The van der Waals surface area contributed by atoms with Gasteiger partial charge in [0.1, 0.15) is 0 Å². The minimum Gasteiger partial charge on any atom is -0.341 e. The van der Waals surface area contributed by atoms with E-state index in [9.17, 15) is 4.79 Å². The lowest BCUT2D eigenvalue weighted by Crippen LogP contribution is -2.45. The fraction of sp³-hybridized carbons (Fsp3) is 0.929. The molecule has 0 aromatic heterocycles. The summed E-state index contributed by atoms with van der Waals surface area (Å²) in [5, 5.41) is 0. The summed E-state index contributed by atoms with van der Waals surface area (Å²) in [6.45, 7) is 6.94. The molecule has 1 amide bonds. The van der Waals surface area contributed by atoms with E-state index in [1.165, 1.54) is 12.8 Å². The van der Waals surface area contributed by atoms with E-state index in [0.29, 0.717) is 5.92 Å². The summed E-state index contributed by atoms with van der Waals surface area (Å²) in [5.41, 5.74) is 5.94. The maximum Gasteiger partial charge on any atom is 0.239 e. The molecule has 2 fully saturated rings. The second kappa shape index (κ2) is 5.57. The molecular formula is C14H27N3O. The van der Waals surface area contributed by atoms with Crippen molar-refractivity contribution in [2.24, 2.45) is 17.6 Å². The highest BCUT2D eigenvalue weighted by atomic mass is 16.2. The third kappa shape index (κ3) is 3.23. The van der Waals surface area contributed by atoms with Crippen LogP contribution in [0.4, 0.5) is 0 Å². The van der Waals surface area contributed by atoms with Gasteiger partial charge in [0.05, 0.1) is 6.04 Å². The molecule has 4 nitrogen and oxygen atoms in total. The van der Waals surface area contributed by atoms with Gasteiger partial charge in [-0.1, -0.05) is 13.8 Å². The largest absolute Gasteiger partial charge is 0.341 e. The highest BCUT2D eigenvalue weighted by Crippen LogP contribution is 2.28. The summed E-state index contributed by atoms with van der Waals surface area (Å²) >= 11 is 0. The molecule has 2 aliphatic rings. The average molecular weight is 253 g/mol. The van der Waals surface area contributed by atoms with Gasteiger partial charge in [-0.25, -0.2) is 0 Å². The topological polar surface area (TPSA) is 49.6 Å². The van der Waals surface area contributed by atoms with Crippen LogP contribution in [-0.4, -0.2) is 54.5 Å². The number of nitrogens with two attached hydrogens (primary N) is 1. The number of carbonyl (C=O) groups is 1. The lowest BCUT2D eigenvalue weighted by atomic mass is 10.0. The molecule has 1 aliphatic carbocycles. The van der Waals surface area contributed by atoms with Gasteiger partial charge in [-0.2, -0.15) is 0 Å². The van der Waals surface area contributed by atoms with Crippen LogP contribution in [0.15, 0.2) is 0 Å². The van der Waals surface area contributed by atoms with E-state index < -0.39 is 0 Å². The van der Waals surface area contributed by atoms with Gasteiger partial charge in [0.25, 0.3) is 0 Å². The first kappa shape index (κ1) is 13.8. The maximum absolute atomic E-state index is 12.2. The van der Waals surface area contributed by atoms with Gasteiger partial charge in [0.2, 0.25) is 5.91 Å². The monoisotopic (exact) mass is 253 g/mol. The van der Waals surface area contributed by atoms with Crippen molar-refractivity contribution in [2.45, 2.75) is 45.2 Å². The maximum atomic E-state index is 12.2. The lowest BCUT2D eigenvalue weighted by Gasteiger charge is -2.24. The highest BCUT2D eigenvalue weighted by molar-refractivity contribution is 5.82. The van der Waals surface area contributed by atoms with Crippen LogP contribution in [0.3, 0.4) is 0 Å². The van der Waals surface area contributed by atoms with Crippen LogP contribution in [0.2, 0.25) is 0 Å². The van der Waals surface area contributed by atoms with E-state index in [-0.39, 0.29) is 17.9 Å². The predicted molar refractivity (Wildman–Crippen MR) is 73.2 cm³/mol. The fourth-order valence-corrected chi connectivity index (χ4v) is 2.75. The van der Waals surface area contributed by atoms with Crippen LogP contribution in [0.25, 0.3) is 0 Å². The highest BCUT2D eigenvalue weighted by Gasteiger charge is 2.33. The van der Waals surface area contributed by atoms with Crippen LogP contribution in [-0.2, 0) is 4.79 Å². The van der Waals surface area contributed by atoms with Gasteiger partial charge < -0.3 is 15.5 Å². The quantitative estimate of drug-likeness (QED) is 0.792. The van der Waals surface area contributed by atoms with E-state index >= 15 is 0 Å². The number of carbonyl (C=O) groups excluding carboxylic acids is 1. The summed E-state index contributed by atoms with van der Waals surface area (Å²) in [6, 6.07) is 0.484. The van der Waals surface area contributed by atoms with Crippen molar-refractivity contribution >= 4 is 5.91 Å². The summed E-state index contributed by atoms with van der Waals surface area (Å²) in [4.78, 5) is 16.6. The van der Waals surface area contributed by atoms with Gasteiger partial charge in [-0.15, -0.1) is 0 Å². The van der Waals surface area contributed by atoms with Gasteiger partial charge >= 0.3 is 0 Å². The van der Waals surface area contributed by atoms with Crippen molar-refractivity contribution in [3.63, 3.8) is 0 Å². The zero-order chi connectivity index (χ0) is 13.3. The molecule has 0 radical (unpaired) electrons. The summed E-state index contributed by atoms with van der Waals surface area (Å²) in [5.74, 6) is 1.01. The van der Waals surface area contributed by atoms with Crippen molar-refractivity contribution in [1.29, 1.82) is 0 Å². The molecule has 1 aliphatic heterocycles. The van der Waals surface area contributed by atoms with E-state index in [2.05, 4.69) is 11.9 Å². The number of rotatable bonds is 5. The Hall–Kier alpha value is -0.610. The Labute approximate surface area is 110 Å². The minimum absolute atomic E-state index is 0.140. The molecule has 1 saturated heterocycles. The fourth-order valence-electron chi connectivity index (χ4n) is 2.75. The first-order valence-corrected chi connectivity index (χ1v) is 7.23. The Balaban J connectivity index is 1.78. The molecule has 1 unspecified atom stereocenters. The van der Waals surface area contributed by atoms with Crippen molar-refractivity contribution in [3.05, 3.63) is 0 Å². The molecule has 0 spiro atoms. The molecule has 2 atom stereocenters. The van der Waals surface area contributed by atoms with E-state index in [0.717, 1.165) is 32.1 Å². The Morgan fingerprint density at radius 3 is 2.61 bits per heavy atom. The Morgan fingerprint density at radius 2 is 2.06 bits per heavy atom. The minimum atomic E-state index is -0.329. The van der Waals surface area contributed by atoms with Crippen molar-refractivity contribution in [3.8, 4) is 0 Å². The van der Waals surface area contributed by atoms with Gasteiger partial charge in [0, 0.05) is 25.7 Å². The van der Waals surface area contributed by atoms with Crippen LogP contribution in [0, 0.1) is 11.8 Å². The van der Waals surface area contributed by atoms with Crippen LogP contribution in [0.5, 0.6) is 0 Å². The zero-order valence-corrected chi connectivity index (χ0v) is 11.9. The van der Waals surface area contributed by atoms with E-state index in [1.807, 2.05) is 18.7 Å². The Bertz CT molecular complexity index is 301. The lowest BCUT2D eigenvalue weighted by molar-refractivity contribution is -0.132. The second-order valence-corrected chi connectivity index (χ2v) is 6.38. The number of nitrogens with zero attached hydrogens (tertiary/aromatic N) is 2. The van der Waals surface area contributed by atoms with E-state index in [4.69, 9.17) is 5.73 Å². The predicted octanol–water partition coefficient (Wildman–Crippen LogP) is 0.912. The smallest absolute Gasteiger partial charge is 0.239 e. The van der Waals surface area contributed by atoms with Gasteiger partial charge in [0.15, 0.2) is 0 Å². The number of hydrogen-bond acceptors (Lipinski definition) is 3. The normalized spacial score (nSPS) is 26.1. The van der Waals surface area contributed by atoms with E-state index in [1.54, 1.807) is 0 Å². The molecule has 0 aromatic rings. The van der Waals surface area contributed by atoms with Crippen LogP contribution >= 0.6 is 0 Å². The van der Waals surface area contributed by atoms with Crippen molar-refractivity contribution in [2.75, 3.05) is 26.7 Å². The molecule has 1 heterocycles. The molecule has 1 saturated carbocycles. The molecule has 2 N–H and O–H groups in total. The molecule has 0 bridgehead atoms. The Kier molecular flexibility index (Phi) is 4.28. The van der Waals surface area contributed by atoms with Crippen LogP contribution in [0.1, 0.15) is 33.1 Å². The third-order valence-corrected chi connectivity index (χ3v) is 4.32. The van der Waals surface area contributed by atoms with Gasteiger partial charge in [-0.3, -0.25) is 4.79 Å². The number of hydrogen-bond donors (Lipinski definition) is 1. The van der Waals surface area contributed by atoms with Crippen molar-refractivity contribution < 1.29 is 4.79 Å². The molecule has 2 rings (SSSR count). The number of amides is 1. The molecule has 18 heavy (non-hydrogen) atoms. The number of likely N-dealkylation sites (tertiary alicyclic amines) is 1. The van der Waals surface area contributed by atoms with Crippen molar-refractivity contribution in [1.82, 2.24) is 9.80 Å². The summed E-state index contributed by atoms with van der Waals surface area (Å²) in [7, 11) is 2.21. The zero-order valence-electron chi connectivity index (χ0n) is 11.9. The summed E-state index contributed by atoms with van der Waals surface area (Å²) < 4.78 is 0. The Morgan fingerprint density at radius 1 is 1.39 bits per heavy atom. The van der Waals surface area contributed by atoms with Crippen LogP contribution < -0.4 is 5.73 Å². The SMILES string of the molecule is CC(C)[C@H](N)C(=O)N1CCC(CN(C)C2CC2)C1. The molecule has 104 valence electrons. The first-order valence-electron chi connectivity index (χ1n) is 7.23. The third-order valence-electron chi connectivity index (χ3n) is 4.32. The first-order chi connectivity index (χ1) is 8.49. The second-order valence-electron chi connectivity index (χ2n) is 6.38. The standard InChI is InChI=1S/C14H27N3O/c1-10(2)13(15)14(18)17-7-6-11(9-17)8-16(3)12-4-5-12/h10-13H,4-9,15H2,1-3H3/t11?,13-/m0/s1. The average Bonchev–Trinajstić information content (AvgIpc) is 3.08. The molecular weight excluding hydrogens is 226 g/mol. The molecule has 4 heteroatoms. The molecule has 0 aromatic carbocycles.